The molecule has 1 unspecified atom stereocenters. The molecule has 2 aromatic rings. The van der Waals surface area contributed by atoms with Crippen LogP contribution in [0.25, 0.3) is 11.0 Å². The molecule has 1 aliphatic rings. The number of hydrogen-bond donors (Lipinski definition) is 1. The van der Waals surface area contributed by atoms with Crippen LogP contribution in [0.4, 0.5) is 5.82 Å². The average Bonchev–Trinajstić information content (AvgIpc) is 2.92. The van der Waals surface area contributed by atoms with Gasteiger partial charge in [-0.2, -0.15) is 0 Å². The number of hydrogen-bond acceptors (Lipinski definition) is 4. The van der Waals surface area contributed by atoms with Gasteiger partial charge in [0, 0.05) is 25.2 Å². The number of nitrogens with one attached hydrogen (secondary N) is 1. The molecule has 2 heterocycles. The molecule has 1 saturated heterocycles. The molecule has 0 spiro atoms. The molecule has 1 aliphatic heterocycles. The first kappa shape index (κ1) is 14.3. The van der Waals surface area contributed by atoms with Gasteiger partial charge in [0.15, 0.2) is 5.82 Å². The third kappa shape index (κ3) is 3.00. The molecule has 112 valence electrons. The van der Waals surface area contributed by atoms with Crippen molar-refractivity contribution < 1.29 is 0 Å². The maximum Gasteiger partial charge on any atom is 0.151 e. The third-order valence-corrected chi connectivity index (χ3v) is 4.13. The van der Waals surface area contributed by atoms with Crippen LogP contribution in [0, 0.1) is 6.92 Å². The van der Waals surface area contributed by atoms with Crippen LogP contribution < -0.4 is 10.2 Å². The first-order valence-corrected chi connectivity index (χ1v) is 7.88. The molecule has 1 aromatic heterocycles. The molecule has 1 atom stereocenters. The summed E-state index contributed by atoms with van der Waals surface area (Å²) < 4.78 is 0. The Hall–Kier alpha value is -1.68. The molecule has 0 saturated carbocycles. The number of nitrogens with zero attached hydrogens (tertiary/aromatic N) is 3. The number of fused-ring (bicyclic) bond motifs is 1. The molecule has 1 fully saturated rings. The lowest BCUT2D eigenvalue weighted by molar-refractivity contribution is 0.522. The van der Waals surface area contributed by atoms with E-state index < -0.39 is 0 Å². The second-order valence-electron chi connectivity index (χ2n) is 6.17. The SMILES string of the molecule is Cc1nc2ccccc2nc1N1CCCC1CNC(C)C. The molecule has 0 amide bonds. The highest BCUT2D eigenvalue weighted by molar-refractivity contribution is 5.76. The summed E-state index contributed by atoms with van der Waals surface area (Å²) in [5.41, 5.74) is 3.00. The smallest absolute Gasteiger partial charge is 0.151 e. The standard InChI is InChI=1S/C17H24N4/c1-12(2)18-11-14-7-6-10-21(14)17-13(3)19-15-8-4-5-9-16(15)20-17/h4-5,8-9,12,14,18H,6-7,10-11H2,1-3H3. The average molecular weight is 284 g/mol. The van der Waals surface area contributed by atoms with Gasteiger partial charge in [-0.1, -0.05) is 26.0 Å². The molecule has 1 aromatic carbocycles. The van der Waals surface area contributed by atoms with Crippen molar-refractivity contribution in [1.29, 1.82) is 0 Å². The molecule has 4 nitrogen and oxygen atoms in total. The lowest BCUT2D eigenvalue weighted by Gasteiger charge is -2.28. The predicted molar refractivity (Wildman–Crippen MR) is 87.8 cm³/mol. The van der Waals surface area contributed by atoms with Crippen molar-refractivity contribution in [2.24, 2.45) is 0 Å². The maximum atomic E-state index is 4.87. The minimum Gasteiger partial charge on any atom is -0.351 e. The van der Waals surface area contributed by atoms with Crippen LogP contribution in [0.2, 0.25) is 0 Å². The lowest BCUT2D eigenvalue weighted by Crippen LogP contribution is -2.41. The van der Waals surface area contributed by atoms with E-state index >= 15 is 0 Å². The molecular formula is C17H24N4. The Morgan fingerprint density at radius 3 is 2.67 bits per heavy atom. The van der Waals surface area contributed by atoms with Gasteiger partial charge in [-0.3, -0.25) is 0 Å². The van der Waals surface area contributed by atoms with Gasteiger partial charge in [0.2, 0.25) is 0 Å². The number of benzene rings is 1. The second kappa shape index (κ2) is 5.98. The van der Waals surface area contributed by atoms with E-state index in [0.717, 1.165) is 35.6 Å². The molecule has 1 N–H and O–H groups in total. The quantitative estimate of drug-likeness (QED) is 0.937. The largest absolute Gasteiger partial charge is 0.351 e. The van der Waals surface area contributed by atoms with Gasteiger partial charge in [-0.05, 0) is 31.9 Å². The van der Waals surface area contributed by atoms with E-state index in [1.165, 1.54) is 12.8 Å². The molecule has 21 heavy (non-hydrogen) atoms. The van der Waals surface area contributed by atoms with Gasteiger partial charge in [-0.25, -0.2) is 9.97 Å². The fourth-order valence-electron chi connectivity index (χ4n) is 3.05. The molecule has 0 radical (unpaired) electrons. The summed E-state index contributed by atoms with van der Waals surface area (Å²) in [5.74, 6) is 1.06. The number of anilines is 1. The van der Waals surface area contributed by atoms with Crippen molar-refractivity contribution in [3.63, 3.8) is 0 Å². The number of para-hydroxylation sites is 2. The van der Waals surface area contributed by atoms with Crippen LogP contribution in [-0.2, 0) is 0 Å². The maximum absolute atomic E-state index is 4.87. The summed E-state index contributed by atoms with van der Waals surface area (Å²) in [7, 11) is 0. The summed E-state index contributed by atoms with van der Waals surface area (Å²) in [6.45, 7) is 8.56. The van der Waals surface area contributed by atoms with E-state index in [2.05, 4.69) is 31.0 Å². The van der Waals surface area contributed by atoms with Crippen molar-refractivity contribution >= 4 is 16.9 Å². The summed E-state index contributed by atoms with van der Waals surface area (Å²) in [6, 6.07) is 9.17. The summed E-state index contributed by atoms with van der Waals surface area (Å²) in [6.07, 6.45) is 2.46. The third-order valence-electron chi connectivity index (χ3n) is 4.13. The normalized spacial score (nSPS) is 18.9. The van der Waals surface area contributed by atoms with Crippen molar-refractivity contribution in [2.45, 2.75) is 45.7 Å². The summed E-state index contributed by atoms with van der Waals surface area (Å²) in [4.78, 5) is 12.0. The van der Waals surface area contributed by atoms with Crippen molar-refractivity contribution in [2.75, 3.05) is 18.0 Å². The zero-order valence-electron chi connectivity index (χ0n) is 13.1. The van der Waals surface area contributed by atoms with Crippen LogP contribution >= 0.6 is 0 Å². The van der Waals surface area contributed by atoms with Crippen molar-refractivity contribution in [3.05, 3.63) is 30.0 Å². The molecule has 0 bridgehead atoms. The molecular weight excluding hydrogens is 260 g/mol. The highest BCUT2D eigenvalue weighted by Gasteiger charge is 2.27. The van der Waals surface area contributed by atoms with E-state index in [1.54, 1.807) is 0 Å². The van der Waals surface area contributed by atoms with E-state index in [4.69, 9.17) is 9.97 Å². The number of aryl methyl sites for hydroxylation is 1. The van der Waals surface area contributed by atoms with Gasteiger partial charge in [-0.15, -0.1) is 0 Å². The zero-order chi connectivity index (χ0) is 14.8. The Morgan fingerprint density at radius 2 is 1.95 bits per heavy atom. The Morgan fingerprint density at radius 1 is 1.24 bits per heavy atom. The minimum absolute atomic E-state index is 0.524. The van der Waals surface area contributed by atoms with E-state index in [1.807, 2.05) is 24.3 Å². The highest BCUT2D eigenvalue weighted by atomic mass is 15.3. The van der Waals surface area contributed by atoms with Gasteiger partial charge in [0.25, 0.3) is 0 Å². The van der Waals surface area contributed by atoms with Crippen molar-refractivity contribution in [3.8, 4) is 0 Å². The van der Waals surface area contributed by atoms with Crippen molar-refractivity contribution in [1.82, 2.24) is 15.3 Å². The fourth-order valence-corrected chi connectivity index (χ4v) is 3.05. The molecule has 3 rings (SSSR count). The first-order chi connectivity index (χ1) is 10.1. The highest BCUT2D eigenvalue weighted by Crippen LogP contribution is 2.27. The zero-order valence-corrected chi connectivity index (χ0v) is 13.1. The van der Waals surface area contributed by atoms with E-state index in [0.29, 0.717) is 12.1 Å². The topological polar surface area (TPSA) is 41.1 Å². The van der Waals surface area contributed by atoms with Gasteiger partial charge >= 0.3 is 0 Å². The summed E-state index contributed by atoms with van der Waals surface area (Å²) >= 11 is 0. The number of aromatic nitrogens is 2. The van der Waals surface area contributed by atoms with Crippen LogP contribution in [0.1, 0.15) is 32.4 Å². The Labute approximate surface area is 126 Å². The van der Waals surface area contributed by atoms with Crippen LogP contribution in [0.5, 0.6) is 0 Å². The predicted octanol–water partition coefficient (Wildman–Crippen LogP) is 2.91. The van der Waals surface area contributed by atoms with Gasteiger partial charge < -0.3 is 10.2 Å². The first-order valence-electron chi connectivity index (χ1n) is 7.88. The number of rotatable bonds is 4. The van der Waals surface area contributed by atoms with Crippen LogP contribution in [0.3, 0.4) is 0 Å². The van der Waals surface area contributed by atoms with E-state index in [-0.39, 0.29) is 0 Å². The summed E-state index contributed by atoms with van der Waals surface area (Å²) in [5, 5.41) is 3.55. The fraction of sp³-hybridized carbons (Fsp3) is 0.529. The van der Waals surface area contributed by atoms with Gasteiger partial charge in [0.05, 0.1) is 16.7 Å². The molecule has 4 heteroatoms. The molecule has 0 aliphatic carbocycles. The van der Waals surface area contributed by atoms with Gasteiger partial charge in [0.1, 0.15) is 0 Å². The minimum atomic E-state index is 0.524. The lowest BCUT2D eigenvalue weighted by atomic mass is 10.2. The van der Waals surface area contributed by atoms with Crippen LogP contribution in [-0.4, -0.2) is 35.1 Å². The second-order valence-corrected chi connectivity index (χ2v) is 6.17. The Balaban J connectivity index is 1.89. The van der Waals surface area contributed by atoms with Crippen LogP contribution in [0.15, 0.2) is 24.3 Å². The van der Waals surface area contributed by atoms with E-state index in [9.17, 15) is 0 Å². The Bertz CT molecular complexity index is 623. The monoisotopic (exact) mass is 284 g/mol. The Kier molecular flexibility index (Phi) is 4.06.